The van der Waals surface area contributed by atoms with Gasteiger partial charge in [-0.3, -0.25) is 34.6 Å². The van der Waals surface area contributed by atoms with E-state index in [1.165, 1.54) is 55.5 Å². The number of nitro benzene ring substituents is 1. The first-order valence-electron chi connectivity index (χ1n) is 12.0. The maximum absolute atomic E-state index is 13.9. The normalized spacial score (nSPS) is 24.1. The van der Waals surface area contributed by atoms with E-state index in [0.717, 1.165) is 9.37 Å². The number of nitro groups is 1. The van der Waals surface area contributed by atoms with Crippen LogP contribution < -0.4 is 10.2 Å². The van der Waals surface area contributed by atoms with E-state index < -0.39 is 46.1 Å². The fraction of sp³-hybridized carbons (Fsp3) is 0.214. The lowest BCUT2D eigenvalue weighted by molar-refractivity contribution is -0.384. The molecule has 2 amide bonds. The standard InChI is InChI=1S/C28H22BrN3O7/c1-15(33)17-6-12-20(13-7-17)31-25(34)22-23(26(31)35)28(27(36)37,14-16-2-10-21(11-3-16)32(38)39)30-24(22)18-4-8-19(29)9-5-18/h2-13,22-24,30H,14H2,1H3,(H,36,37). The highest BCUT2D eigenvalue weighted by Gasteiger charge is 2.68. The Morgan fingerprint density at radius 3 is 2.15 bits per heavy atom. The molecule has 0 aromatic heterocycles. The summed E-state index contributed by atoms with van der Waals surface area (Å²) < 4.78 is 0.789. The molecule has 4 unspecified atom stereocenters. The summed E-state index contributed by atoms with van der Waals surface area (Å²) in [6, 6.07) is 17.7. The molecule has 0 spiro atoms. The Kier molecular flexibility index (Phi) is 6.65. The number of anilines is 1. The molecular formula is C28H22BrN3O7. The zero-order valence-corrected chi connectivity index (χ0v) is 22.1. The van der Waals surface area contributed by atoms with Gasteiger partial charge in [0.1, 0.15) is 5.54 Å². The van der Waals surface area contributed by atoms with Gasteiger partial charge in [-0.2, -0.15) is 0 Å². The van der Waals surface area contributed by atoms with E-state index in [0.29, 0.717) is 16.7 Å². The molecule has 198 valence electrons. The number of non-ortho nitro benzene ring substituents is 1. The molecular weight excluding hydrogens is 570 g/mol. The average molecular weight is 592 g/mol. The Labute approximate surface area is 230 Å². The Morgan fingerprint density at radius 2 is 1.62 bits per heavy atom. The second kappa shape index (κ2) is 9.83. The molecule has 39 heavy (non-hydrogen) atoms. The van der Waals surface area contributed by atoms with E-state index in [1.807, 2.05) is 0 Å². The van der Waals surface area contributed by atoms with Crippen molar-refractivity contribution in [1.82, 2.24) is 5.32 Å². The van der Waals surface area contributed by atoms with Crippen molar-refractivity contribution in [3.63, 3.8) is 0 Å². The van der Waals surface area contributed by atoms with Crippen molar-refractivity contribution in [3.05, 3.63) is 104 Å². The molecule has 2 saturated heterocycles. The van der Waals surface area contributed by atoms with Crippen molar-refractivity contribution in [3.8, 4) is 0 Å². The number of amides is 2. The molecule has 0 saturated carbocycles. The van der Waals surface area contributed by atoms with E-state index in [4.69, 9.17) is 0 Å². The third kappa shape index (κ3) is 4.43. The molecule has 0 radical (unpaired) electrons. The van der Waals surface area contributed by atoms with Crippen LogP contribution in [0, 0.1) is 22.0 Å². The summed E-state index contributed by atoms with van der Waals surface area (Å²) in [4.78, 5) is 64.1. The number of aliphatic carboxylic acids is 1. The van der Waals surface area contributed by atoms with Crippen LogP contribution in [0.25, 0.3) is 0 Å². The number of rotatable bonds is 7. The molecule has 4 atom stereocenters. The van der Waals surface area contributed by atoms with Crippen molar-refractivity contribution in [2.45, 2.75) is 24.9 Å². The SMILES string of the molecule is CC(=O)c1ccc(N2C(=O)C3C(c4ccc(Br)cc4)NC(Cc4ccc([N+](=O)[O-])cc4)(C(=O)O)C3C2=O)cc1. The number of nitrogens with zero attached hydrogens (tertiary/aromatic N) is 2. The number of hydrogen-bond acceptors (Lipinski definition) is 7. The maximum atomic E-state index is 13.9. The van der Waals surface area contributed by atoms with Gasteiger partial charge in [-0.1, -0.05) is 40.2 Å². The minimum absolute atomic E-state index is 0.152. The Hall–Kier alpha value is -4.22. The quantitative estimate of drug-likeness (QED) is 0.181. The monoisotopic (exact) mass is 591 g/mol. The van der Waals surface area contributed by atoms with E-state index in [-0.39, 0.29) is 23.6 Å². The average Bonchev–Trinajstić information content (AvgIpc) is 3.38. The lowest BCUT2D eigenvalue weighted by Crippen LogP contribution is -2.57. The molecule has 2 N–H and O–H groups in total. The summed E-state index contributed by atoms with van der Waals surface area (Å²) in [6.07, 6.45) is -0.190. The maximum Gasteiger partial charge on any atom is 0.325 e. The number of imide groups is 1. The van der Waals surface area contributed by atoms with Gasteiger partial charge in [0.25, 0.3) is 5.69 Å². The van der Waals surface area contributed by atoms with Crippen LogP contribution in [0.15, 0.2) is 77.3 Å². The van der Waals surface area contributed by atoms with Gasteiger partial charge >= 0.3 is 5.97 Å². The molecule has 5 rings (SSSR count). The third-order valence-corrected chi connectivity index (χ3v) is 7.96. The highest BCUT2D eigenvalue weighted by atomic mass is 79.9. The molecule has 0 aliphatic carbocycles. The van der Waals surface area contributed by atoms with Gasteiger partial charge in [0.2, 0.25) is 11.8 Å². The summed E-state index contributed by atoms with van der Waals surface area (Å²) >= 11 is 3.38. The first-order valence-corrected chi connectivity index (χ1v) is 12.8. The summed E-state index contributed by atoms with van der Waals surface area (Å²) in [7, 11) is 0. The van der Waals surface area contributed by atoms with Gasteiger partial charge in [-0.05, 0) is 54.4 Å². The van der Waals surface area contributed by atoms with Crippen molar-refractivity contribution in [2.75, 3.05) is 4.90 Å². The van der Waals surface area contributed by atoms with E-state index >= 15 is 0 Å². The smallest absolute Gasteiger partial charge is 0.325 e. The second-order valence-corrected chi connectivity index (χ2v) is 10.6. The van der Waals surface area contributed by atoms with Crippen molar-refractivity contribution in [2.24, 2.45) is 11.8 Å². The van der Waals surface area contributed by atoms with E-state index in [2.05, 4.69) is 21.2 Å². The highest BCUT2D eigenvalue weighted by molar-refractivity contribution is 9.10. The van der Waals surface area contributed by atoms with Crippen LogP contribution in [0.2, 0.25) is 0 Å². The van der Waals surface area contributed by atoms with Crippen LogP contribution in [0.4, 0.5) is 11.4 Å². The van der Waals surface area contributed by atoms with Gasteiger partial charge in [-0.25, -0.2) is 4.90 Å². The molecule has 2 aliphatic heterocycles. The summed E-state index contributed by atoms with van der Waals surface area (Å²) in [5.41, 5.74) is -0.288. The molecule has 2 aliphatic rings. The number of carboxylic acid groups (broad SMARTS) is 1. The number of Topliss-reactive ketones (excluding diaryl/α,β-unsaturated/α-hetero) is 1. The topological polar surface area (TPSA) is 147 Å². The number of benzene rings is 3. The second-order valence-electron chi connectivity index (χ2n) is 9.67. The van der Waals surface area contributed by atoms with Crippen molar-refractivity contribution < 1.29 is 29.2 Å². The van der Waals surface area contributed by atoms with Gasteiger partial charge in [-0.15, -0.1) is 0 Å². The fourth-order valence-electron chi connectivity index (χ4n) is 5.55. The zero-order valence-electron chi connectivity index (χ0n) is 20.5. The number of fused-ring (bicyclic) bond motifs is 1. The van der Waals surface area contributed by atoms with E-state index in [1.54, 1.807) is 24.3 Å². The van der Waals surface area contributed by atoms with Crippen LogP contribution in [-0.2, 0) is 20.8 Å². The predicted molar refractivity (Wildman–Crippen MR) is 143 cm³/mol. The number of halogens is 1. The van der Waals surface area contributed by atoms with Gasteiger partial charge in [0.05, 0.1) is 22.4 Å². The summed E-state index contributed by atoms with van der Waals surface area (Å²) in [6.45, 7) is 1.40. The van der Waals surface area contributed by atoms with Crippen LogP contribution in [-0.4, -0.2) is 39.1 Å². The lowest BCUT2D eigenvalue weighted by Gasteiger charge is -2.31. The molecule has 3 aromatic rings. The zero-order chi connectivity index (χ0) is 28.1. The van der Waals surface area contributed by atoms with Crippen molar-refractivity contribution >= 4 is 50.9 Å². The fourth-order valence-corrected chi connectivity index (χ4v) is 5.82. The molecule has 0 bridgehead atoms. The number of ketones is 1. The highest BCUT2D eigenvalue weighted by Crippen LogP contribution is 2.51. The largest absolute Gasteiger partial charge is 0.480 e. The minimum atomic E-state index is -1.88. The van der Waals surface area contributed by atoms with Gasteiger partial charge in [0.15, 0.2) is 5.78 Å². The summed E-state index contributed by atoms with van der Waals surface area (Å²) in [5.74, 6) is -5.00. The van der Waals surface area contributed by atoms with E-state index in [9.17, 15) is 34.4 Å². The molecule has 2 heterocycles. The number of carbonyl (C=O) groups is 4. The number of carboxylic acids is 1. The third-order valence-electron chi connectivity index (χ3n) is 7.43. The first-order chi connectivity index (χ1) is 18.5. The van der Waals surface area contributed by atoms with Crippen molar-refractivity contribution in [1.29, 1.82) is 0 Å². The molecule has 10 nitrogen and oxygen atoms in total. The predicted octanol–water partition coefficient (Wildman–Crippen LogP) is 4.08. The Bertz CT molecular complexity index is 1510. The Morgan fingerprint density at radius 1 is 1.00 bits per heavy atom. The Balaban J connectivity index is 1.61. The molecule has 2 fully saturated rings. The first kappa shape index (κ1) is 26.4. The summed E-state index contributed by atoms with van der Waals surface area (Å²) in [5, 5.41) is 24.8. The van der Waals surface area contributed by atoms with Crippen LogP contribution in [0.5, 0.6) is 0 Å². The number of hydrogen-bond donors (Lipinski definition) is 2. The lowest BCUT2D eigenvalue weighted by atomic mass is 9.76. The minimum Gasteiger partial charge on any atom is -0.480 e. The van der Waals surface area contributed by atoms with Gasteiger partial charge in [0, 0.05) is 34.6 Å². The van der Waals surface area contributed by atoms with Crippen LogP contribution in [0.1, 0.15) is 34.5 Å². The van der Waals surface area contributed by atoms with Gasteiger partial charge < -0.3 is 5.11 Å². The molecule has 11 heteroatoms. The number of carbonyl (C=O) groups excluding carboxylic acids is 3. The van der Waals surface area contributed by atoms with Crippen LogP contribution in [0.3, 0.4) is 0 Å². The number of nitrogens with one attached hydrogen (secondary N) is 1. The molecule has 3 aromatic carbocycles. The van der Waals surface area contributed by atoms with Crippen LogP contribution >= 0.6 is 15.9 Å².